The van der Waals surface area contributed by atoms with Crippen molar-refractivity contribution >= 4 is 27.3 Å². The Balaban J connectivity index is 1.45. The van der Waals surface area contributed by atoms with Gasteiger partial charge in [0.15, 0.2) is 5.82 Å². The highest BCUT2D eigenvalue weighted by Gasteiger charge is 2.42. The Bertz CT molecular complexity index is 1830. The van der Waals surface area contributed by atoms with Gasteiger partial charge >= 0.3 is 6.18 Å². The highest BCUT2D eigenvalue weighted by molar-refractivity contribution is 7.89. The fourth-order valence-corrected chi connectivity index (χ4v) is 6.55. The molecule has 1 amide bonds. The summed E-state index contributed by atoms with van der Waals surface area (Å²) in [6.45, 7) is 0.773. The second kappa shape index (κ2) is 11.0. The van der Waals surface area contributed by atoms with Crippen LogP contribution in [0.1, 0.15) is 21.5 Å². The Morgan fingerprint density at radius 1 is 1.12 bits per heavy atom. The number of alkyl halides is 4. The van der Waals surface area contributed by atoms with Crippen molar-refractivity contribution in [2.45, 2.75) is 30.2 Å². The van der Waals surface area contributed by atoms with Crippen LogP contribution in [0, 0.1) is 6.92 Å². The van der Waals surface area contributed by atoms with E-state index in [-0.39, 0.29) is 33.3 Å². The summed E-state index contributed by atoms with van der Waals surface area (Å²) in [4.78, 5) is 20.9. The van der Waals surface area contributed by atoms with Crippen LogP contribution in [0.4, 0.5) is 23.4 Å². The number of nitrogen functional groups attached to an aromatic ring is 1. The van der Waals surface area contributed by atoms with E-state index in [9.17, 15) is 26.4 Å². The maximum Gasteiger partial charge on any atom is 0.418 e. The Morgan fingerprint density at radius 2 is 1.86 bits per heavy atom. The van der Waals surface area contributed by atoms with Crippen LogP contribution in [-0.4, -0.2) is 77.7 Å². The number of methoxy groups -OCH3 is 2. The fourth-order valence-electron chi connectivity index (χ4n) is 4.84. The molecule has 5 rings (SSSR count). The lowest BCUT2D eigenvalue weighted by Gasteiger charge is -2.19. The first-order valence-electron chi connectivity index (χ1n) is 12.6. The van der Waals surface area contributed by atoms with Crippen LogP contribution < -0.4 is 20.5 Å². The molecule has 1 aromatic carbocycles. The number of nitrogens with one attached hydrogen (secondary N) is 1. The van der Waals surface area contributed by atoms with E-state index in [1.54, 1.807) is 13.0 Å². The number of nitrogens with zero attached hydrogens (tertiary/aromatic N) is 5. The molecule has 2 atom stereocenters. The quantitative estimate of drug-likeness (QED) is 0.296. The number of halogens is 4. The maximum absolute atomic E-state index is 15.1. The van der Waals surface area contributed by atoms with Gasteiger partial charge in [0.25, 0.3) is 5.91 Å². The lowest BCUT2D eigenvalue weighted by Crippen LogP contribution is -2.42. The van der Waals surface area contributed by atoms with E-state index < -0.39 is 64.3 Å². The predicted octanol–water partition coefficient (Wildman–Crippen LogP) is 2.86. The van der Waals surface area contributed by atoms with Gasteiger partial charge in [-0.05, 0) is 36.8 Å². The maximum atomic E-state index is 15.1. The normalized spacial score (nSPS) is 17.7. The van der Waals surface area contributed by atoms with Crippen LogP contribution in [0.5, 0.6) is 11.6 Å². The smallest absolute Gasteiger partial charge is 0.418 e. The molecule has 3 aromatic heterocycles. The third-order valence-electron chi connectivity index (χ3n) is 6.94. The van der Waals surface area contributed by atoms with E-state index in [0.29, 0.717) is 5.56 Å². The van der Waals surface area contributed by atoms with Crippen molar-refractivity contribution in [2.75, 3.05) is 33.0 Å². The Hall–Kier alpha value is -4.51. The van der Waals surface area contributed by atoms with E-state index in [1.807, 2.05) is 0 Å². The molecule has 4 heterocycles. The lowest BCUT2D eigenvalue weighted by molar-refractivity contribution is -0.136. The minimum atomic E-state index is -4.80. The molecule has 0 radical (unpaired) electrons. The number of hydrogen-bond acceptors (Lipinski definition) is 9. The van der Waals surface area contributed by atoms with Gasteiger partial charge in [-0.15, -0.1) is 0 Å². The zero-order valence-electron chi connectivity index (χ0n) is 22.9. The van der Waals surface area contributed by atoms with Gasteiger partial charge < -0.3 is 20.5 Å². The van der Waals surface area contributed by atoms with Crippen LogP contribution in [0.15, 0.2) is 47.8 Å². The van der Waals surface area contributed by atoms with Crippen LogP contribution in [0.3, 0.4) is 0 Å². The molecule has 1 aliphatic heterocycles. The summed E-state index contributed by atoms with van der Waals surface area (Å²) < 4.78 is 95.4. The van der Waals surface area contributed by atoms with Gasteiger partial charge in [-0.1, -0.05) is 6.07 Å². The predicted molar refractivity (Wildman–Crippen MR) is 145 cm³/mol. The van der Waals surface area contributed by atoms with E-state index in [2.05, 4.69) is 20.4 Å². The fraction of sp³-hybridized carbons (Fsp3) is 0.308. The molecular weight excluding hydrogens is 598 g/mol. The van der Waals surface area contributed by atoms with Crippen LogP contribution in [0.2, 0.25) is 0 Å². The molecule has 0 spiro atoms. The zero-order valence-corrected chi connectivity index (χ0v) is 23.7. The third-order valence-corrected chi connectivity index (χ3v) is 8.79. The number of sulfonamides is 1. The topological polar surface area (TPSA) is 154 Å². The minimum Gasteiger partial charge on any atom is -0.495 e. The number of aromatic nitrogens is 4. The minimum absolute atomic E-state index is 0.0357. The lowest BCUT2D eigenvalue weighted by atomic mass is 10.1. The first kappa shape index (κ1) is 30.0. The number of fused-ring (bicyclic) bond motifs is 1. The number of pyridine rings is 1. The molecule has 43 heavy (non-hydrogen) atoms. The number of nitrogens with two attached hydrogens (primary N) is 1. The Kier molecular flexibility index (Phi) is 7.64. The van der Waals surface area contributed by atoms with Gasteiger partial charge in [-0.2, -0.15) is 22.6 Å². The highest BCUT2D eigenvalue weighted by atomic mass is 32.2. The van der Waals surface area contributed by atoms with Crippen molar-refractivity contribution < 1.29 is 40.2 Å². The molecule has 1 fully saturated rings. The number of hydrogen-bond donors (Lipinski definition) is 2. The van der Waals surface area contributed by atoms with Gasteiger partial charge in [0.1, 0.15) is 34.2 Å². The van der Waals surface area contributed by atoms with Crippen LogP contribution in [-0.2, 0) is 16.2 Å². The van der Waals surface area contributed by atoms with E-state index in [1.165, 1.54) is 38.6 Å². The monoisotopic (exact) mass is 623 g/mol. The molecule has 17 heteroatoms. The average molecular weight is 624 g/mol. The largest absolute Gasteiger partial charge is 0.495 e. The summed E-state index contributed by atoms with van der Waals surface area (Å²) in [5.74, 6) is -1.42. The van der Waals surface area contributed by atoms with Gasteiger partial charge in [0, 0.05) is 24.8 Å². The molecule has 0 bridgehead atoms. The standard InChI is InChI=1S/C26H25F4N7O5S/c1-13-4-5-20(41-2)21(6-13)43(39,40)36-10-17(27)18(11-36)35-24(38)15-7-14(9-32-25(15)42-3)19-8-16(26(28,29)30)22-23(31)33-12-34-37(19)22/h4-9,12,17-18H,10-11H2,1-3H3,(H,35,38)(H2,31,33,34)/t17-,18+/m0/s1. The molecule has 4 aromatic rings. The van der Waals surface area contributed by atoms with E-state index >= 15 is 4.39 Å². The molecule has 3 N–H and O–H groups in total. The van der Waals surface area contributed by atoms with Gasteiger partial charge in [0.05, 0.1) is 31.5 Å². The van der Waals surface area contributed by atoms with Crippen molar-refractivity contribution in [2.24, 2.45) is 0 Å². The van der Waals surface area contributed by atoms with Crippen molar-refractivity contribution in [3.8, 4) is 22.9 Å². The van der Waals surface area contributed by atoms with Crippen molar-refractivity contribution in [1.82, 2.24) is 29.2 Å². The molecule has 228 valence electrons. The molecule has 0 unspecified atom stereocenters. The summed E-state index contributed by atoms with van der Waals surface area (Å²) in [6.07, 6.45) is -4.42. The van der Waals surface area contributed by atoms with Crippen LogP contribution >= 0.6 is 0 Å². The molecule has 1 saturated heterocycles. The van der Waals surface area contributed by atoms with Crippen molar-refractivity contribution in [3.05, 3.63) is 59.5 Å². The van der Waals surface area contributed by atoms with Gasteiger partial charge in [-0.25, -0.2) is 27.3 Å². The van der Waals surface area contributed by atoms with Crippen molar-refractivity contribution in [1.29, 1.82) is 0 Å². The second-order valence-corrected chi connectivity index (χ2v) is 11.6. The van der Waals surface area contributed by atoms with Crippen molar-refractivity contribution in [3.63, 3.8) is 0 Å². The Morgan fingerprint density at radius 3 is 2.53 bits per heavy atom. The molecular formula is C26H25F4N7O5S. The highest BCUT2D eigenvalue weighted by Crippen LogP contribution is 2.39. The molecule has 1 aliphatic rings. The molecule has 0 aliphatic carbocycles. The summed E-state index contributed by atoms with van der Waals surface area (Å²) >= 11 is 0. The summed E-state index contributed by atoms with van der Waals surface area (Å²) in [6, 6.07) is 5.30. The van der Waals surface area contributed by atoms with E-state index in [4.69, 9.17) is 15.2 Å². The second-order valence-electron chi connectivity index (χ2n) is 9.70. The zero-order chi connectivity index (χ0) is 31.3. The summed E-state index contributed by atoms with van der Waals surface area (Å²) in [7, 11) is -1.66. The number of anilines is 1. The molecule has 12 nitrogen and oxygen atoms in total. The van der Waals surface area contributed by atoms with Gasteiger partial charge in [-0.3, -0.25) is 4.79 Å². The SMILES string of the molecule is COc1ccc(C)cc1S(=O)(=O)N1C[C@H](F)[C@H](NC(=O)c2cc(-c3cc(C(F)(F)F)c4c(N)ncnn34)cnc2OC)C1. The van der Waals surface area contributed by atoms with Crippen LogP contribution in [0.25, 0.3) is 16.8 Å². The summed E-state index contributed by atoms with van der Waals surface area (Å²) in [5.41, 5.74) is 4.48. The Labute approximate surface area is 242 Å². The first-order valence-corrected chi connectivity index (χ1v) is 14.0. The number of carbonyl (C=O) groups excluding carboxylic acids is 1. The number of amides is 1. The number of carbonyl (C=O) groups is 1. The number of ether oxygens (including phenoxy) is 2. The first-order chi connectivity index (χ1) is 20.3. The number of benzene rings is 1. The molecule has 0 saturated carbocycles. The number of aryl methyl sites for hydroxylation is 1. The third kappa shape index (κ3) is 5.40. The number of rotatable bonds is 7. The summed E-state index contributed by atoms with van der Waals surface area (Å²) in [5, 5.41) is 6.35. The van der Waals surface area contributed by atoms with Gasteiger partial charge in [0.2, 0.25) is 15.9 Å². The average Bonchev–Trinajstić information content (AvgIpc) is 3.55. The van der Waals surface area contributed by atoms with E-state index in [0.717, 1.165) is 21.2 Å².